The van der Waals surface area contributed by atoms with E-state index >= 15 is 0 Å². The summed E-state index contributed by atoms with van der Waals surface area (Å²) in [6, 6.07) is 15.4. The van der Waals surface area contributed by atoms with Gasteiger partial charge in [-0.2, -0.15) is 0 Å². The van der Waals surface area contributed by atoms with Gasteiger partial charge in [-0.25, -0.2) is 0 Å². The van der Waals surface area contributed by atoms with Gasteiger partial charge in [0.1, 0.15) is 0 Å². The van der Waals surface area contributed by atoms with Crippen LogP contribution in [0, 0.1) is 0 Å². The Kier molecular flexibility index (Phi) is 3.99. The summed E-state index contributed by atoms with van der Waals surface area (Å²) in [4.78, 5) is 0. The van der Waals surface area contributed by atoms with Crippen LogP contribution in [0.2, 0.25) is 0 Å². The summed E-state index contributed by atoms with van der Waals surface area (Å²) in [7, 11) is 0. The van der Waals surface area contributed by atoms with Crippen LogP contribution in [-0.4, -0.2) is 0 Å². The molecule has 92 valence electrons. The van der Waals surface area contributed by atoms with Crippen LogP contribution in [0.5, 0.6) is 0 Å². The molecule has 0 amide bonds. The zero-order valence-electron chi connectivity index (χ0n) is 11.2. The van der Waals surface area contributed by atoms with E-state index in [0.29, 0.717) is 0 Å². The first-order valence-electron chi connectivity index (χ1n) is 6.63. The topological polar surface area (TPSA) is 0 Å². The highest BCUT2D eigenvalue weighted by atomic mass is 14.1. The molecule has 0 heterocycles. The van der Waals surface area contributed by atoms with Crippen molar-refractivity contribution in [2.24, 2.45) is 0 Å². The van der Waals surface area contributed by atoms with Gasteiger partial charge in [0.05, 0.1) is 0 Å². The van der Waals surface area contributed by atoms with Crippen molar-refractivity contribution in [3.05, 3.63) is 65.7 Å². The molecule has 0 aliphatic rings. The van der Waals surface area contributed by atoms with Crippen LogP contribution >= 0.6 is 0 Å². The summed E-state index contributed by atoms with van der Waals surface area (Å²) < 4.78 is 0. The van der Waals surface area contributed by atoms with Gasteiger partial charge in [0.15, 0.2) is 0 Å². The van der Waals surface area contributed by atoms with Crippen LogP contribution in [0.25, 0.3) is 17.2 Å². The van der Waals surface area contributed by atoms with Gasteiger partial charge in [-0.05, 0) is 40.7 Å². The summed E-state index contributed by atoms with van der Waals surface area (Å²) in [5.74, 6) is 0. The first kappa shape index (κ1) is 12.6. The Labute approximate surface area is 110 Å². The molecule has 0 aliphatic heterocycles. The second-order valence-corrected chi connectivity index (χ2v) is 4.52. The third kappa shape index (κ3) is 2.53. The molecule has 0 bridgehead atoms. The number of hydrogen-bond acceptors (Lipinski definition) is 0. The predicted molar refractivity (Wildman–Crippen MR) is 80.7 cm³/mol. The molecule has 0 aromatic heterocycles. The summed E-state index contributed by atoms with van der Waals surface area (Å²) in [5.41, 5.74) is 6.67. The molecule has 0 unspecified atom stereocenters. The first-order valence-corrected chi connectivity index (χ1v) is 6.63. The van der Waals surface area contributed by atoms with Gasteiger partial charge in [-0.1, -0.05) is 69.0 Å². The zero-order chi connectivity index (χ0) is 13.0. The van der Waals surface area contributed by atoms with Crippen molar-refractivity contribution in [3.8, 4) is 11.1 Å². The summed E-state index contributed by atoms with van der Waals surface area (Å²) >= 11 is 0. The Hall–Kier alpha value is -1.82. The average molecular weight is 236 g/mol. The van der Waals surface area contributed by atoms with Crippen molar-refractivity contribution >= 4 is 6.08 Å². The monoisotopic (exact) mass is 236 g/mol. The van der Waals surface area contributed by atoms with Crippen molar-refractivity contribution in [2.45, 2.75) is 26.7 Å². The summed E-state index contributed by atoms with van der Waals surface area (Å²) in [5, 5.41) is 0. The van der Waals surface area contributed by atoms with Gasteiger partial charge in [-0.15, -0.1) is 0 Å². The molecule has 0 nitrogen and oxygen atoms in total. The fourth-order valence-corrected chi connectivity index (χ4v) is 2.29. The lowest BCUT2D eigenvalue weighted by molar-refractivity contribution is 1.04. The smallest absolute Gasteiger partial charge is 0.0181 e. The van der Waals surface area contributed by atoms with Crippen LogP contribution in [0.4, 0.5) is 0 Å². The van der Waals surface area contributed by atoms with E-state index in [4.69, 9.17) is 0 Å². The lowest BCUT2D eigenvalue weighted by Crippen LogP contribution is -1.91. The molecule has 0 fully saturated rings. The molecule has 0 aliphatic carbocycles. The van der Waals surface area contributed by atoms with Gasteiger partial charge < -0.3 is 0 Å². The molecule has 0 N–H and O–H groups in total. The molecular formula is C18H20. The number of rotatable bonds is 4. The molecule has 0 radical (unpaired) electrons. The fourth-order valence-electron chi connectivity index (χ4n) is 2.29. The van der Waals surface area contributed by atoms with Gasteiger partial charge in [0, 0.05) is 0 Å². The Bertz CT molecular complexity index is 532. The quantitative estimate of drug-likeness (QED) is 0.691. The molecule has 0 heteroatoms. The molecule has 2 aromatic carbocycles. The van der Waals surface area contributed by atoms with Crippen LogP contribution in [-0.2, 0) is 12.8 Å². The van der Waals surface area contributed by atoms with Crippen LogP contribution in [0.1, 0.15) is 30.5 Å². The molecular weight excluding hydrogens is 216 g/mol. The van der Waals surface area contributed by atoms with Gasteiger partial charge in [0.25, 0.3) is 0 Å². The lowest BCUT2D eigenvalue weighted by atomic mass is 9.96. The minimum Gasteiger partial charge on any atom is -0.0985 e. The fraction of sp³-hybridized carbons (Fsp3) is 0.222. The average Bonchev–Trinajstić information content (AvgIpc) is 2.46. The Balaban J connectivity index is 2.40. The van der Waals surface area contributed by atoms with Crippen molar-refractivity contribution in [3.63, 3.8) is 0 Å². The van der Waals surface area contributed by atoms with Crippen molar-refractivity contribution in [1.29, 1.82) is 0 Å². The highest BCUT2D eigenvalue weighted by Gasteiger charge is 2.02. The number of aryl methyl sites for hydroxylation is 2. The third-order valence-electron chi connectivity index (χ3n) is 3.45. The van der Waals surface area contributed by atoms with E-state index in [9.17, 15) is 0 Å². The van der Waals surface area contributed by atoms with E-state index in [1.165, 1.54) is 27.8 Å². The van der Waals surface area contributed by atoms with Crippen molar-refractivity contribution in [2.75, 3.05) is 0 Å². The molecule has 0 spiro atoms. The highest BCUT2D eigenvalue weighted by Crippen LogP contribution is 2.24. The normalized spacial score (nSPS) is 10.3. The third-order valence-corrected chi connectivity index (χ3v) is 3.45. The Morgan fingerprint density at radius 3 is 2.00 bits per heavy atom. The summed E-state index contributed by atoms with van der Waals surface area (Å²) in [6.45, 7) is 8.22. The standard InChI is InChI=1S/C18H20/c1-4-14-7-9-17(10-8-14)18-12-11-15(5-2)16(6-3)13-18/h4,7-13H,1,5-6H2,2-3H3. The molecule has 2 rings (SSSR count). The largest absolute Gasteiger partial charge is 0.0985 e. The predicted octanol–water partition coefficient (Wildman–Crippen LogP) is 5.12. The Morgan fingerprint density at radius 2 is 1.44 bits per heavy atom. The second-order valence-electron chi connectivity index (χ2n) is 4.52. The molecule has 18 heavy (non-hydrogen) atoms. The van der Waals surface area contributed by atoms with Crippen LogP contribution in [0.15, 0.2) is 49.0 Å². The van der Waals surface area contributed by atoms with Crippen LogP contribution < -0.4 is 0 Å². The van der Waals surface area contributed by atoms with E-state index in [1.54, 1.807) is 0 Å². The molecule has 0 atom stereocenters. The Morgan fingerprint density at radius 1 is 0.833 bits per heavy atom. The van der Waals surface area contributed by atoms with Gasteiger partial charge >= 0.3 is 0 Å². The van der Waals surface area contributed by atoms with E-state index in [-0.39, 0.29) is 0 Å². The van der Waals surface area contributed by atoms with Gasteiger partial charge in [-0.3, -0.25) is 0 Å². The van der Waals surface area contributed by atoms with Gasteiger partial charge in [0.2, 0.25) is 0 Å². The second kappa shape index (κ2) is 5.68. The van der Waals surface area contributed by atoms with E-state index < -0.39 is 0 Å². The maximum absolute atomic E-state index is 3.78. The molecule has 2 aromatic rings. The minimum atomic E-state index is 1.10. The maximum Gasteiger partial charge on any atom is -0.0181 e. The van der Waals surface area contributed by atoms with E-state index in [2.05, 4.69) is 62.9 Å². The maximum atomic E-state index is 3.78. The number of hydrogen-bond donors (Lipinski definition) is 0. The molecule has 0 saturated carbocycles. The lowest BCUT2D eigenvalue weighted by Gasteiger charge is -2.09. The van der Waals surface area contributed by atoms with Crippen molar-refractivity contribution in [1.82, 2.24) is 0 Å². The first-order chi connectivity index (χ1) is 8.78. The van der Waals surface area contributed by atoms with E-state index in [1.807, 2.05) is 6.08 Å². The number of benzene rings is 2. The van der Waals surface area contributed by atoms with Crippen molar-refractivity contribution < 1.29 is 0 Å². The highest BCUT2D eigenvalue weighted by molar-refractivity contribution is 5.66. The summed E-state index contributed by atoms with van der Waals surface area (Å²) in [6.07, 6.45) is 4.09. The minimum absolute atomic E-state index is 1.10. The van der Waals surface area contributed by atoms with E-state index in [0.717, 1.165) is 12.8 Å². The zero-order valence-corrected chi connectivity index (χ0v) is 11.2. The SMILES string of the molecule is C=Cc1ccc(-c2ccc(CC)c(CC)c2)cc1. The molecule has 0 saturated heterocycles. The van der Waals surface area contributed by atoms with Crippen LogP contribution in [0.3, 0.4) is 0 Å².